The number of amides is 1. The first-order valence-corrected chi connectivity index (χ1v) is 7.90. The highest BCUT2D eigenvalue weighted by atomic mass is 35.5. The van der Waals surface area contributed by atoms with Crippen LogP contribution in [0.15, 0.2) is 22.7 Å². The molecule has 1 aliphatic rings. The Morgan fingerprint density at radius 2 is 2.12 bits per heavy atom. The molecule has 140 valence electrons. The molecule has 1 saturated carbocycles. The number of primary amides is 1. The number of hydrogen-bond donors (Lipinski definition) is 2. The third kappa shape index (κ3) is 4.33. The molecule has 1 heterocycles. The number of methoxy groups -OCH3 is 1. The van der Waals surface area contributed by atoms with Crippen LogP contribution < -0.4 is 20.9 Å². The molecule has 0 saturated heterocycles. The molecule has 1 amide bonds. The van der Waals surface area contributed by atoms with Crippen LogP contribution in [0.25, 0.3) is 12.2 Å². The summed E-state index contributed by atoms with van der Waals surface area (Å²) < 4.78 is 15.8. The third-order valence-electron chi connectivity index (χ3n) is 4.11. The monoisotopic (exact) mass is 380 g/mol. The maximum absolute atomic E-state index is 10.8. The SMILES string of the molecule is COc1cc(/C=C/c2nc(C3(N)CCC3)no2)ccc1OCC(N)=O.Cl. The summed E-state index contributed by atoms with van der Waals surface area (Å²) >= 11 is 0. The second-order valence-corrected chi connectivity index (χ2v) is 5.96. The van der Waals surface area contributed by atoms with Crippen molar-refractivity contribution in [3.63, 3.8) is 0 Å². The quantitative estimate of drug-likeness (QED) is 0.750. The van der Waals surface area contributed by atoms with Crippen molar-refractivity contribution < 1.29 is 18.8 Å². The summed E-state index contributed by atoms with van der Waals surface area (Å²) in [6.07, 6.45) is 6.35. The highest BCUT2D eigenvalue weighted by molar-refractivity contribution is 5.85. The number of nitrogens with two attached hydrogens (primary N) is 2. The summed E-state index contributed by atoms with van der Waals surface area (Å²) in [5.74, 6) is 1.31. The predicted octanol–water partition coefficient (Wildman–Crippen LogP) is 1.87. The van der Waals surface area contributed by atoms with E-state index in [0.29, 0.717) is 23.2 Å². The van der Waals surface area contributed by atoms with Gasteiger partial charge in [-0.1, -0.05) is 11.2 Å². The van der Waals surface area contributed by atoms with Gasteiger partial charge in [-0.3, -0.25) is 4.79 Å². The molecule has 4 N–H and O–H groups in total. The first-order valence-electron chi connectivity index (χ1n) is 7.90. The number of rotatable bonds is 7. The van der Waals surface area contributed by atoms with E-state index in [-0.39, 0.29) is 19.0 Å². The Labute approximate surface area is 156 Å². The molecule has 2 aromatic rings. The van der Waals surface area contributed by atoms with Gasteiger partial charge in [0, 0.05) is 6.08 Å². The predicted molar refractivity (Wildman–Crippen MR) is 97.9 cm³/mol. The van der Waals surface area contributed by atoms with Gasteiger partial charge in [-0.05, 0) is 43.0 Å². The van der Waals surface area contributed by atoms with Crippen molar-refractivity contribution in [2.75, 3.05) is 13.7 Å². The van der Waals surface area contributed by atoms with Crippen LogP contribution in [0.2, 0.25) is 0 Å². The van der Waals surface area contributed by atoms with Crippen molar-refractivity contribution in [2.24, 2.45) is 11.5 Å². The van der Waals surface area contributed by atoms with Crippen molar-refractivity contribution >= 4 is 30.5 Å². The van der Waals surface area contributed by atoms with Gasteiger partial charge in [0.15, 0.2) is 23.9 Å². The van der Waals surface area contributed by atoms with E-state index in [4.69, 9.17) is 25.5 Å². The summed E-state index contributed by atoms with van der Waals surface area (Å²) in [5, 5.41) is 3.96. The zero-order chi connectivity index (χ0) is 17.9. The van der Waals surface area contributed by atoms with E-state index in [9.17, 15) is 4.79 Å². The van der Waals surface area contributed by atoms with Crippen LogP contribution in [-0.2, 0) is 10.3 Å². The minimum atomic E-state index is -0.553. The Morgan fingerprint density at radius 1 is 1.35 bits per heavy atom. The fourth-order valence-electron chi connectivity index (χ4n) is 2.51. The number of carbonyl (C=O) groups is 1. The van der Waals surface area contributed by atoms with Gasteiger partial charge in [0.05, 0.1) is 12.6 Å². The van der Waals surface area contributed by atoms with Crippen LogP contribution in [0.3, 0.4) is 0 Å². The van der Waals surface area contributed by atoms with Crippen LogP contribution >= 0.6 is 12.4 Å². The van der Waals surface area contributed by atoms with Crippen LogP contribution in [0.1, 0.15) is 36.5 Å². The molecule has 0 unspecified atom stereocenters. The number of hydrogen-bond acceptors (Lipinski definition) is 7. The Bertz CT molecular complexity index is 802. The van der Waals surface area contributed by atoms with Crippen LogP contribution in [-0.4, -0.2) is 29.8 Å². The third-order valence-corrected chi connectivity index (χ3v) is 4.11. The second-order valence-electron chi connectivity index (χ2n) is 5.96. The molecular formula is C17H21ClN4O4. The average Bonchev–Trinajstić information content (AvgIpc) is 3.05. The molecule has 8 nitrogen and oxygen atoms in total. The maximum Gasteiger partial charge on any atom is 0.255 e. The molecule has 0 aliphatic heterocycles. The van der Waals surface area contributed by atoms with Crippen molar-refractivity contribution in [2.45, 2.75) is 24.8 Å². The number of nitrogens with zero attached hydrogens (tertiary/aromatic N) is 2. The fourth-order valence-corrected chi connectivity index (χ4v) is 2.51. The highest BCUT2D eigenvalue weighted by Gasteiger charge is 2.38. The fraction of sp³-hybridized carbons (Fsp3) is 0.353. The lowest BCUT2D eigenvalue weighted by molar-refractivity contribution is -0.119. The molecule has 9 heteroatoms. The Hall–Kier alpha value is -2.58. The number of halogens is 1. The van der Waals surface area contributed by atoms with E-state index >= 15 is 0 Å². The summed E-state index contributed by atoms with van der Waals surface area (Å²) in [5.41, 5.74) is 11.6. The maximum atomic E-state index is 10.8. The molecule has 0 bridgehead atoms. The average molecular weight is 381 g/mol. The minimum Gasteiger partial charge on any atom is -0.493 e. The van der Waals surface area contributed by atoms with Crippen LogP contribution in [0, 0.1) is 0 Å². The Kier molecular flexibility index (Phi) is 6.23. The summed E-state index contributed by atoms with van der Waals surface area (Å²) in [6, 6.07) is 5.27. The second kappa shape index (κ2) is 8.20. The Balaban J connectivity index is 0.00000243. The topological polar surface area (TPSA) is 126 Å². The molecule has 1 aromatic heterocycles. The summed E-state index contributed by atoms with van der Waals surface area (Å²) in [4.78, 5) is 15.1. The molecule has 1 aromatic carbocycles. The van der Waals surface area contributed by atoms with E-state index in [1.807, 2.05) is 12.1 Å². The minimum absolute atomic E-state index is 0. The van der Waals surface area contributed by atoms with Gasteiger partial charge in [0.1, 0.15) is 0 Å². The van der Waals surface area contributed by atoms with E-state index < -0.39 is 11.4 Å². The van der Waals surface area contributed by atoms with Gasteiger partial charge >= 0.3 is 0 Å². The number of aromatic nitrogens is 2. The molecular weight excluding hydrogens is 360 g/mol. The van der Waals surface area contributed by atoms with Crippen LogP contribution in [0.4, 0.5) is 0 Å². The number of benzene rings is 1. The van der Waals surface area contributed by atoms with Gasteiger partial charge in [-0.25, -0.2) is 0 Å². The number of ether oxygens (including phenoxy) is 2. The standard InChI is InChI=1S/C17H20N4O4.ClH/c1-23-13-9-11(3-5-12(13)24-10-14(18)22)4-6-15-20-16(21-25-15)17(19)7-2-8-17;/h3-6,9H,2,7-8,10,19H2,1H3,(H2,18,22);1H/b6-4+;. The van der Waals surface area contributed by atoms with E-state index in [2.05, 4.69) is 10.1 Å². The molecule has 26 heavy (non-hydrogen) atoms. The van der Waals surface area contributed by atoms with Gasteiger partial charge < -0.3 is 25.5 Å². The molecule has 0 atom stereocenters. The zero-order valence-electron chi connectivity index (χ0n) is 14.3. The lowest BCUT2D eigenvalue weighted by Crippen LogP contribution is -2.44. The molecule has 1 fully saturated rings. The largest absolute Gasteiger partial charge is 0.493 e. The summed E-state index contributed by atoms with van der Waals surface area (Å²) in [6.45, 7) is -0.211. The van der Waals surface area contributed by atoms with Crippen molar-refractivity contribution in [3.05, 3.63) is 35.5 Å². The highest BCUT2D eigenvalue weighted by Crippen LogP contribution is 2.37. The first kappa shape index (κ1) is 19.7. The lowest BCUT2D eigenvalue weighted by Gasteiger charge is -2.34. The first-order chi connectivity index (χ1) is 12.0. The number of carbonyl (C=O) groups excluding carboxylic acids is 1. The molecule has 0 radical (unpaired) electrons. The molecule has 1 aliphatic carbocycles. The smallest absolute Gasteiger partial charge is 0.255 e. The molecule has 0 spiro atoms. The van der Waals surface area contributed by atoms with E-state index in [0.717, 1.165) is 24.8 Å². The van der Waals surface area contributed by atoms with Crippen molar-refractivity contribution in [1.82, 2.24) is 10.1 Å². The van der Waals surface area contributed by atoms with Gasteiger partial charge in [-0.2, -0.15) is 4.98 Å². The zero-order valence-corrected chi connectivity index (χ0v) is 15.1. The van der Waals surface area contributed by atoms with Crippen LogP contribution in [0.5, 0.6) is 11.5 Å². The van der Waals surface area contributed by atoms with Gasteiger partial charge in [0.2, 0.25) is 0 Å². The van der Waals surface area contributed by atoms with E-state index in [1.165, 1.54) is 7.11 Å². The lowest BCUT2D eigenvalue weighted by atomic mass is 9.77. The normalized spacial score (nSPS) is 15.2. The summed E-state index contributed by atoms with van der Waals surface area (Å²) in [7, 11) is 1.52. The van der Waals surface area contributed by atoms with E-state index in [1.54, 1.807) is 18.2 Å². The molecule has 3 rings (SSSR count). The van der Waals surface area contributed by atoms with Gasteiger partial charge in [-0.15, -0.1) is 12.4 Å². The van der Waals surface area contributed by atoms with Crippen molar-refractivity contribution in [3.8, 4) is 11.5 Å². The van der Waals surface area contributed by atoms with Gasteiger partial charge in [0.25, 0.3) is 11.8 Å². The Morgan fingerprint density at radius 3 is 2.73 bits per heavy atom. The van der Waals surface area contributed by atoms with Crippen molar-refractivity contribution in [1.29, 1.82) is 0 Å².